The third kappa shape index (κ3) is 22.9. The molecule has 0 aromatic heterocycles. The van der Waals surface area contributed by atoms with E-state index in [4.69, 9.17) is 30.4 Å². The van der Waals surface area contributed by atoms with Gasteiger partial charge in [0.25, 0.3) is 0 Å². The average molecular weight is 715 g/mol. The summed E-state index contributed by atoms with van der Waals surface area (Å²) >= 11 is 0. The van der Waals surface area contributed by atoms with Crippen LogP contribution < -0.4 is 0 Å². The number of ether oxygens (including phenoxy) is 1. The first-order valence-electron chi connectivity index (χ1n) is 15.5. The van der Waals surface area contributed by atoms with E-state index in [1.165, 1.54) is 6.08 Å². The Morgan fingerprint density at radius 2 is 0.833 bits per heavy atom. The summed E-state index contributed by atoms with van der Waals surface area (Å²) in [6.07, 6.45) is 1.80. The van der Waals surface area contributed by atoms with Crippen LogP contribution in [0.2, 0.25) is 122 Å². The number of carbonyl (C=O) groups excluding carboxylic acids is 1. The monoisotopic (exact) mass is 714 g/mol. The van der Waals surface area contributed by atoms with Crippen LogP contribution in [0.25, 0.3) is 0 Å². The van der Waals surface area contributed by atoms with Gasteiger partial charge in [0.1, 0.15) is 0 Å². The topological polar surface area (TPSA) is 81.7 Å². The van der Waals surface area contributed by atoms with Crippen molar-refractivity contribution in [3.63, 3.8) is 0 Å². The minimum absolute atomic E-state index is 0.276. The molecule has 0 aliphatic rings. The maximum Gasteiger partial charge on any atom is 0.469 e. The average Bonchev–Trinajstić information content (AvgIpc) is 2.71. The molecule has 0 N–H and O–H groups in total. The molecule has 0 saturated carbocycles. The highest BCUT2D eigenvalue weighted by molar-refractivity contribution is 6.91. The van der Waals surface area contributed by atoms with Gasteiger partial charge in [0.15, 0.2) is 49.9 Å². The van der Waals surface area contributed by atoms with Crippen molar-refractivity contribution in [2.75, 3.05) is 26.4 Å². The molecule has 15 heteroatoms. The highest BCUT2D eigenvalue weighted by atomic mass is 28.5. The standard InChI is InChI=1S/C27H66O8Si7/c1-17-27(28)29-19-18-23-42(33-39(11,12)24-20-30-36(2,3)4,34-40(13,14)25-21-31-37(5,6)7)35-41(15,16)26-22-32-38(8,9)10/h17H,1,18-26H2,2-16H3. The van der Waals surface area contributed by atoms with E-state index in [1.807, 2.05) is 0 Å². The molecule has 0 saturated heterocycles. The molecule has 0 aliphatic heterocycles. The molecule has 0 spiro atoms. The molecular weight excluding hydrogens is 649 g/mol. The van der Waals surface area contributed by atoms with Gasteiger partial charge in [-0.15, -0.1) is 0 Å². The molecule has 0 atom stereocenters. The summed E-state index contributed by atoms with van der Waals surface area (Å²) in [5.41, 5.74) is 0. The van der Waals surface area contributed by atoms with Gasteiger partial charge in [-0.3, -0.25) is 0 Å². The third-order valence-corrected chi connectivity index (χ3v) is 24.8. The normalized spacial score (nSPS) is 14.3. The van der Waals surface area contributed by atoms with Crippen molar-refractivity contribution in [1.82, 2.24) is 0 Å². The Balaban J connectivity index is 6.30. The van der Waals surface area contributed by atoms with Crippen molar-refractivity contribution < 1.29 is 35.2 Å². The molecule has 0 radical (unpaired) electrons. The van der Waals surface area contributed by atoms with E-state index in [1.54, 1.807) is 0 Å². The molecule has 0 fully saturated rings. The van der Waals surface area contributed by atoms with Gasteiger partial charge in [-0.25, -0.2) is 4.79 Å². The second kappa shape index (κ2) is 17.4. The van der Waals surface area contributed by atoms with Crippen molar-refractivity contribution in [2.45, 2.75) is 129 Å². The minimum Gasteiger partial charge on any atom is -0.463 e. The number of hydrogen-bond acceptors (Lipinski definition) is 8. The summed E-state index contributed by atoms with van der Waals surface area (Å²) in [5, 5.41) is 0. The van der Waals surface area contributed by atoms with Gasteiger partial charge in [0.2, 0.25) is 0 Å². The van der Waals surface area contributed by atoms with Crippen molar-refractivity contribution in [1.29, 1.82) is 0 Å². The molecule has 42 heavy (non-hydrogen) atoms. The zero-order chi connectivity index (χ0) is 33.1. The number of rotatable bonds is 23. The molecular formula is C27H66O8Si7. The van der Waals surface area contributed by atoms with E-state index in [2.05, 4.69) is 105 Å². The maximum absolute atomic E-state index is 11.8. The summed E-state index contributed by atoms with van der Waals surface area (Å²) in [7, 11) is -15.0. The number of hydrogen-bond donors (Lipinski definition) is 0. The van der Waals surface area contributed by atoms with Crippen molar-refractivity contribution in [3.8, 4) is 0 Å². The molecule has 0 bridgehead atoms. The summed E-state index contributed by atoms with van der Waals surface area (Å²) in [4.78, 5) is 11.8. The summed E-state index contributed by atoms with van der Waals surface area (Å²) in [6, 6.07) is 3.20. The summed E-state index contributed by atoms with van der Waals surface area (Å²) in [5.74, 6) is -0.417. The zero-order valence-electron chi connectivity index (χ0n) is 29.9. The maximum atomic E-state index is 11.8. The Labute approximate surface area is 266 Å². The Morgan fingerprint density at radius 3 is 1.10 bits per heavy atom. The van der Waals surface area contributed by atoms with Gasteiger partial charge in [-0.2, -0.15) is 0 Å². The quantitative estimate of drug-likeness (QED) is 0.0453. The van der Waals surface area contributed by atoms with Gasteiger partial charge < -0.3 is 30.4 Å². The van der Waals surface area contributed by atoms with Crippen molar-refractivity contribution in [2.24, 2.45) is 0 Å². The van der Waals surface area contributed by atoms with Gasteiger partial charge >= 0.3 is 14.8 Å². The molecule has 0 aromatic rings. The Morgan fingerprint density at radius 1 is 0.524 bits per heavy atom. The fraction of sp³-hybridized carbons (Fsp3) is 0.889. The lowest BCUT2D eigenvalue weighted by atomic mass is 10.5. The van der Waals surface area contributed by atoms with Gasteiger partial charge in [0.05, 0.1) is 6.61 Å². The van der Waals surface area contributed by atoms with E-state index < -0.39 is 64.7 Å². The van der Waals surface area contributed by atoms with Crippen LogP contribution in [0.1, 0.15) is 6.42 Å². The van der Waals surface area contributed by atoms with Crippen LogP contribution >= 0.6 is 0 Å². The molecule has 8 nitrogen and oxygen atoms in total. The van der Waals surface area contributed by atoms with Crippen molar-refractivity contribution >= 4 is 64.7 Å². The van der Waals surface area contributed by atoms with Crippen LogP contribution in [0, 0.1) is 0 Å². The Kier molecular flexibility index (Phi) is 17.6. The van der Waals surface area contributed by atoms with Crippen LogP contribution in [-0.2, 0) is 35.2 Å². The first-order chi connectivity index (χ1) is 18.7. The molecule has 0 aliphatic carbocycles. The molecule has 250 valence electrons. The van der Waals surface area contributed by atoms with E-state index >= 15 is 0 Å². The fourth-order valence-electron chi connectivity index (χ4n) is 3.96. The van der Waals surface area contributed by atoms with Crippen LogP contribution in [-0.4, -0.2) is 91.1 Å². The van der Waals surface area contributed by atoms with E-state index in [0.717, 1.165) is 18.1 Å². The SMILES string of the molecule is C=CC(=O)OCCC[Si](O[Si](C)(C)CCO[Si](C)(C)C)(O[Si](C)(C)CCO[Si](C)(C)C)O[Si](C)(C)CCO[Si](C)(C)C. The second-order valence-electron chi connectivity index (χ2n) is 15.9. The summed E-state index contributed by atoms with van der Waals surface area (Å²) in [6.45, 7) is 39.3. The molecule has 0 unspecified atom stereocenters. The lowest BCUT2D eigenvalue weighted by Crippen LogP contribution is -2.62. The predicted molar refractivity (Wildman–Crippen MR) is 194 cm³/mol. The van der Waals surface area contributed by atoms with Gasteiger partial charge in [0, 0.05) is 31.9 Å². The minimum atomic E-state index is -3.24. The third-order valence-electron chi connectivity index (χ3n) is 6.05. The van der Waals surface area contributed by atoms with Crippen LogP contribution in [0.3, 0.4) is 0 Å². The van der Waals surface area contributed by atoms with Crippen LogP contribution in [0.4, 0.5) is 0 Å². The first kappa shape index (κ1) is 42.5. The fourth-order valence-corrected chi connectivity index (χ4v) is 23.3. The van der Waals surface area contributed by atoms with Crippen molar-refractivity contribution in [3.05, 3.63) is 12.7 Å². The lowest BCUT2D eigenvalue weighted by Gasteiger charge is -2.45. The molecule has 0 aromatic carbocycles. The Bertz CT molecular complexity index is 735. The zero-order valence-corrected chi connectivity index (χ0v) is 36.9. The molecule has 0 heterocycles. The highest BCUT2D eigenvalue weighted by Crippen LogP contribution is 2.33. The first-order valence-corrected chi connectivity index (χ1v) is 37.0. The second-order valence-corrected chi connectivity index (χ2v) is 45.8. The lowest BCUT2D eigenvalue weighted by molar-refractivity contribution is -0.137. The summed E-state index contributed by atoms with van der Waals surface area (Å²) < 4.78 is 45.9. The largest absolute Gasteiger partial charge is 0.469 e. The molecule has 0 rings (SSSR count). The molecule has 0 amide bonds. The van der Waals surface area contributed by atoms with E-state index in [9.17, 15) is 4.79 Å². The van der Waals surface area contributed by atoms with E-state index in [0.29, 0.717) is 32.3 Å². The Hall–Kier alpha value is 0.488. The van der Waals surface area contributed by atoms with E-state index in [-0.39, 0.29) is 6.61 Å². The highest BCUT2D eigenvalue weighted by Gasteiger charge is 2.52. The number of carbonyl (C=O) groups is 1. The van der Waals surface area contributed by atoms with Gasteiger partial charge in [-0.05, 0) is 123 Å². The van der Waals surface area contributed by atoms with Gasteiger partial charge in [-0.1, -0.05) is 6.58 Å². The van der Waals surface area contributed by atoms with Crippen LogP contribution in [0.5, 0.6) is 0 Å². The number of esters is 1. The van der Waals surface area contributed by atoms with Crippen LogP contribution in [0.15, 0.2) is 12.7 Å². The predicted octanol–water partition coefficient (Wildman–Crippen LogP) is 8.26. The smallest absolute Gasteiger partial charge is 0.463 e.